The van der Waals surface area contributed by atoms with Gasteiger partial charge in [0.25, 0.3) is 0 Å². The number of halogens is 1. The Morgan fingerprint density at radius 2 is 1.63 bits per heavy atom. The molecule has 0 amide bonds. The van der Waals surface area contributed by atoms with Gasteiger partial charge in [0.05, 0.1) is 0 Å². The van der Waals surface area contributed by atoms with Gasteiger partial charge in [-0.1, -0.05) is 42.5 Å². The Morgan fingerprint density at radius 1 is 0.895 bits per heavy atom. The van der Waals surface area contributed by atoms with Gasteiger partial charge in [0.2, 0.25) is 0 Å². The number of alkyl halides is 1. The van der Waals surface area contributed by atoms with Crippen molar-refractivity contribution in [2.45, 2.75) is 6.42 Å². The van der Waals surface area contributed by atoms with E-state index in [0.29, 0.717) is 5.88 Å². The summed E-state index contributed by atoms with van der Waals surface area (Å²) in [6.45, 7) is 0.949. The molecule has 0 atom stereocenters. The third-order valence-corrected chi connectivity index (χ3v) is 3.70. The molecule has 1 aliphatic heterocycles. The van der Waals surface area contributed by atoms with Crippen LogP contribution in [0.3, 0.4) is 0 Å². The SMILES string of the molecule is ClCCCN1C=Cc2ccccc2-c2ccccc21. The van der Waals surface area contributed by atoms with E-state index in [-0.39, 0.29) is 0 Å². The molecular weight excluding hydrogens is 254 g/mol. The van der Waals surface area contributed by atoms with Crippen molar-refractivity contribution in [3.63, 3.8) is 0 Å². The Balaban J connectivity index is 2.12. The predicted molar refractivity (Wildman–Crippen MR) is 83.6 cm³/mol. The summed E-state index contributed by atoms with van der Waals surface area (Å²) in [5.74, 6) is 0.694. The zero-order valence-electron chi connectivity index (χ0n) is 10.7. The van der Waals surface area contributed by atoms with Gasteiger partial charge in [-0.3, -0.25) is 0 Å². The summed E-state index contributed by atoms with van der Waals surface area (Å²) in [4.78, 5) is 2.29. The summed E-state index contributed by atoms with van der Waals surface area (Å²) in [5.41, 5.74) is 5.11. The van der Waals surface area contributed by atoms with Crippen LogP contribution in [0, 0.1) is 0 Å². The molecule has 2 heteroatoms. The summed E-state index contributed by atoms with van der Waals surface area (Å²) in [6.07, 6.45) is 5.33. The molecule has 0 radical (unpaired) electrons. The highest BCUT2D eigenvalue weighted by atomic mass is 35.5. The fourth-order valence-electron chi connectivity index (χ4n) is 2.52. The van der Waals surface area contributed by atoms with E-state index in [1.54, 1.807) is 0 Å². The monoisotopic (exact) mass is 269 g/mol. The lowest BCUT2D eigenvalue weighted by Gasteiger charge is -2.21. The second-order valence-corrected chi connectivity index (χ2v) is 5.03. The highest BCUT2D eigenvalue weighted by Gasteiger charge is 2.14. The van der Waals surface area contributed by atoms with Crippen molar-refractivity contribution < 1.29 is 0 Å². The van der Waals surface area contributed by atoms with Gasteiger partial charge in [0.15, 0.2) is 0 Å². The highest BCUT2D eigenvalue weighted by Crippen LogP contribution is 2.36. The van der Waals surface area contributed by atoms with Gasteiger partial charge >= 0.3 is 0 Å². The van der Waals surface area contributed by atoms with Crippen LogP contribution in [0.2, 0.25) is 0 Å². The van der Waals surface area contributed by atoms with Gasteiger partial charge in [-0.05, 0) is 29.7 Å². The van der Waals surface area contributed by atoms with Crippen LogP contribution in [0.25, 0.3) is 17.2 Å². The van der Waals surface area contributed by atoms with Gasteiger partial charge in [0.1, 0.15) is 0 Å². The quantitative estimate of drug-likeness (QED) is 0.725. The van der Waals surface area contributed by atoms with E-state index in [9.17, 15) is 0 Å². The zero-order chi connectivity index (χ0) is 13.1. The van der Waals surface area contributed by atoms with E-state index in [0.717, 1.165) is 13.0 Å². The lowest BCUT2D eigenvalue weighted by atomic mass is 9.99. The Kier molecular flexibility index (Phi) is 3.56. The molecule has 1 heterocycles. The number of anilines is 1. The fraction of sp³-hybridized carbons (Fsp3) is 0.176. The number of hydrogen-bond donors (Lipinski definition) is 0. The van der Waals surface area contributed by atoms with Crippen LogP contribution in [0.4, 0.5) is 5.69 Å². The molecule has 19 heavy (non-hydrogen) atoms. The average molecular weight is 270 g/mol. The molecule has 0 aliphatic carbocycles. The Labute approximate surface area is 119 Å². The van der Waals surface area contributed by atoms with E-state index in [2.05, 4.69) is 65.7 Å². The highest BCUT2D eigenvalue weighted by molar-refractivity contribution is 6.17. The standard InChI is InChI=1S/C17H16ClN/c18-11-5-12-19-13-10-14-6-1-2-7-15(14)16-8-3-4-9-17(16)19/h1-4,6-10,13H,5,11-12H2. The molecule has 1 nitrogen and oxygen atoms in total. The van der Waals surface area contributed by atoms with Crippen LogP contribution in [0.1, 0.15) is 12.0 Å². The number of para-hydroxylation sites is 1. The summed E-state index contributed by atoms with van der Waals surface area (Å²) in [5, 5.41) is 0. The van der Waals surface area contributed by atoms with Crippen molar-refractivity contribution in [1.29, 1.82) is 0 Å². The Morgan fingerprint density at radius 3 is 2.47 bits per heavy atom. The van der Waals surface area contributed by atoms with Crippen LogP contribution in [0.15, 0.2) is 54.7 Å². The number of benzene rings is 2. The number of rotatable bonds is 3. The van der Waals surface area contributed by atoms with Crippen molar-refractivity contribution in [2.24, 2.45) is 0 Å². The molecule has 96 valence electrons. The maximum atomic E-state index is 5.83. The van der Waals surface area contributed by atoms with E-state index >= 15 is 0 Å². The molecular formula is C17H16ClN. The van der Waals surface area contributed by atoms with Crippen LogP contribution in [-0.4, -0.2) is 12.4 Å². The molecule has 0 N–H and O–H groups in total. The topological polar surface area (TPSA) is 3.24 Å². The summed E-state index contributed by atoms with van der Waals surface area (Å²) in [7, 11) is 0. The minimum atomic E-state index is 0.694. The second kappa shape index (κ2) is 5.50. The van der Waals surface area contributed by atoms with Crippen LogP contribution in [-0.2, 0) is 0 Å². The third-order valence-electron chi connectivity index (χ3n) is 3.43. The van der Waals surface area contributed by atoms with E-state index < -0.39 is 0 Å². The fourth-order valence-corrected chi connectivity index (χ4v) is 2.63. The first-order valence-corrected chi connectivity index (χ1v) is 7.13. The first-order chi connectivity index (χ1) is 9.40. The summed E-state index contributed by atoms with van der Waals surface area (Å²) in [6, 6.07) is 17.1. The summed E-state index contributed by atoms with van der Waals surface area (Å²) < 4.78 is 0. The predicted octanol–water partition coefficient (Wildman–Crippen LogP) is 4.77. The molecule has 0 saturated carbocycles. The van der Waals surface area contributed by atoms with E-state index in [1.807, 2.05) is 0 Å². The van der Waals surface area contributed by atoms with Gasteiger partial charge < -0.3 is 4.90 Å². The van der Waals surface area contributed by atoms with Crippen molar-refractivity contribution >= 4 is 23.4 Å². The zero-order valence-corrected chi connectivity index (χ0v) is 11.5. The third kappa shape index (κ3) is 2.39. The van der Waals surface area contributed by atoms with Crippen LogP contribution in [0.5, 0.6) is 0 Å². The molecule has 0 aromatic heterocycles. The molecule has 2 aromatic rings. The molecule has 0 fully saturated rings. The number of fused-ring (bicyclic) bond motifs is 3. The van der Waals surface area contributed by atoms with Gasteiger partial charge in [0, 0.05) is 29.9 Å². The number of nitrogens with zero attached hydrogens (tertiary/aromatic N) is 1. The van der Waals surface area contributed by atoms with Crippen LogP contribution >= 0.6 is 11.6 Å². The van der Waals surface area contributed by atoms with E-state index in [1.165, 1.54) is 22.4 Å². The molecule has 1 aliphatic rings. The lowest BCUT2D eigenvalue weighted by Crippen LogP contribution is -2.17. The molecule has 3 rings (SSSR count). The largest absolute Gasteiger partial charge is 0.347 e. The van der Waals surface area contributed by atoms with E-state index in [4.69, 9.17) is 11.6 Å². The van der Waals surface area contributed by atoms with Gasteiger partial charge in [-0.15, -0.1) is 11.6 Å². The minimum Gasteiger partial charge on any atom is -0.347 e. The van der Waals surface area contributed by atoms with Gasteiger partial charge in [-0.2, -0.15) is 0 Å². The molecule has 2 aromatic carbocycles. The molecule has 0 bridgehead atoms. The number of hydrogen-bond acceptors (Lipinski definition) is 1. The Bertz CT molecular complexity index is 604. The molecule has 0 unspecified atom stereocenters. The van der Waals surface area contributed by atoms with Crippen molar-refractivity contribution in [3.05, 3.63) is 60.3 Å². The average Bonchev–Trinajstić information content (AvgIpc) is 2.63. The first kappa shape index (κ1) is 12.3. The normalized spacial score (nSPS) is 12.8. The first-order valence-electron chi connectivity index (χ1n) is 6.59. The van der Waals surface area contributed by atoms with Crippen molar-refractivity contribution in [3.8, 4) is 11.1 Å². The second-order valence-electron chi connectivity index (χ2n) is 4.66. The molecule has 0 spiro atoms. The maximum Gasteiger partial charge on any atom is 0.0485 e. The van der Waals surface area contributed by atoms with Crippen molar-refractivity contribution in [1.82, 2.24) is 0 Å². The lowest BCUT2D eigenvalue weighted by molar-refractivity contribution is 0.889. The summed E-state index contributed by atoms with van der Waals surface area (Å²) >= 11 is 5.83. The van der Waals surface area contributed by atoms with Gasteiger partial charge in [-0.25, -0.2) is 0 Å². The van der Waals surface area contributed by atoms with Crippen molar-refractivity contribution in [2.75, 3.05) is 17.3 Å². The smallest absolute Gasteiger partial charge is 0.0485 e. The minimum absolute atomic E-state index is 0.694. The Hall–Kier alpha value is -1.73. The van der Waals surface area contributed by atoms with Crippen LogP contribution < -0.4 is 4.90 Å². The maximum absolute atomic E-state index is 5.83. The molecule has 0 saturated heterocycles.